The molecule has 0 saturated carbocycles. The van der Waals surface area contributed by atoms with Gasteiger partial charge in [0.1, 0.15) is 5.82 Å². The van der Waals surface area contributed by atoms with E-state index < -0.39 is 5.97 Å². The molecule has 0 aliphatic rings. The summed E-state index contributed by atoms with van der Waals surface area (Å²) in [6.07, 6.45) is 1.40. The molecule has 0 unspecified atom stereocenters. The Bertz CT molecular complexity index is 342. The molecule has 0 aliphatic heterocycles. The molecule has 76 valence electrons. The lowest BCUT2D eigenvalue weighted by Gasteiger charge is -2.05. The molecule has 0 aliphatic carbocycles. The smallest absolute Gasteiger partial charge is 0.341 e. The van der Waals surface area contributed by atoms with Crippen molar-refractivity contribution in [3.8, 4) is 0 Å². The molecule has 0 radical (unpaired) electrons. The number of nitrogens with one attached hydrogen (secondary N) is 1. The normalized spacial score (nSPS) is 9.64. The third-order valence-electron chi connectivity index (χ3n) is 1.60. The fraction of sp³-hybridized carbons (Fsp3) is 0.333. The summed E-state index contributed by atoms with van der Waals surface area (Å²) in [4.78, 5) is 15.3. The van der Waals surface area contributed by atoms with Gasteiger partial charge in [-0.05, 0) is 13.0 Å². The number of ether oxygens (including phenoxy) is 1. The van der Waals surface area contributed by atoms with Gasteiger partial charge in [0.2, 0.25) is 0 Å². The van der Waals surface area contributed by atoms with E-state index in [1.165, 1.54) is 6.20 Å². The van der Waals surface area contributed by atoms with Crippen LogP contribution in [0.25, 0.3) is 0 Å². The van der Waals surface area contributed by atoms with Crippen LogP contribution in [0.5, 0.6) is 0 Å². The Morgan fingerprint density at radius 2 is 2.43 bits per heavy atom. The summed E-state index contributed by atoms with van der Waals surface area (Å²) in [6, 6.07) is 1.58. The fourth-order valence-corrected chi connectivity index (χ4v) is 1.16. The number of carbonyl (C=O) groups is 1. The Morgan fingerprint density at radius 1 is 1.71 bits per heavy atom. The Kier molecular flexibility index (Phi) is 3.71. The van der Waals surface area contributed by atoms with Crippen molar-refractivity contribution in [1.29, 1.82) is 0 Å². The number of esters is 1. The first-order chi connectivity index (χ1) is 6.69. The van der Waals surface area contributed by atoms with Crippen LogP contribution in [-0.4, -0.2) is 24.6 Å². The largest absolute Gasteiger partial charge is 0.462 e. The van der Waals surface area contributed by atoms with Gasteiger partial charge in [-0.15, -0.1) is 0 Å². The molecule has 0 atom stereocenters. The molecule has 4 nitrogen and oxygen atoms in total. The summed E-state index contributed by atoms with van der Waals surface area (Å²) in [7, 11) is 1.72. The van der Waals surface area contributed by atoms with Gasteiger partial charge < -0.3 is 10.1 Å². The van der Waals surface area contributed by atoms with E-state index in [-0.39, 0.29) is 5.56 Å². The van der Waals surface area contributed by atoms with Gasteiger partial charge >= 0.3 is 5.97 Å². The highest BCUT2D eigenvalue weighted by Gasteiger charge is 2.11. The Hall–Kier alpha value is -1.29. The second kappa shape index (κ2) is 4.81. The number of rotatable bonds is 3. The lowest BCUT2D eigenvalue weighted by molar-refractivity contribution is 0.0526. The van der Waals surface area contributed by atoms with Crippen molar-refractivity contribution in [1.82, 2.24) is 4.98 Å². The summed E-state index contributed by atoms with van der Waals surface area (Å²) in [5.41, 5.74) is 0.285. The molecule has 1 aromatic rings. The Morgan fingerprint density at radius 3 is 2.93 bits per heavy atom. The summed E-state index contributed by atoms with van der Waals surface area (Å²) < 4.78 is 4.80. The van der Waals surface area contributed by atoms with Crippen LogP contribution >= 0.6 is 11.6 Å². The maximum atomic E-state index is 11.3. The first kappa shape index (κ1) is 10.8. The molecule has 0 saturated heterocycles. The van der Waals surface area contributed by atoms with E-state index in [1.54, 1.807) is 20.0 Å². The average Bonchev–Trinajstić information content (AvgIpc) is 2.17. The van der Waals surface area contributed by atoms with E-state index in [1.807, 2.05) is 0 Å². The van der Waals surface area contributed by atoms with E-state index >= 15 is 0 Å². The number of carbonyl (C=O) groups excluding carboxylic acids is 1. The van der Waals surface area contributed by atoms with Crippen molar-refractivity contribution in [2.75, 3.05) is 19.0 Å². The molecule has 1 heterocycles. The van der Waals surface area contributed by atoms with E-state index in [2.05, 4.69) is 10.3 Å². The van der Waals surface area contributed by atoms with E-state index in [0.29, 0.717) is 17.4 Å². The molecule has 1 rings (SSSR count). The molecule has 0 amide bonds. The molecule has 0 bridgehead atoms. The van der Waals surface area contributed by atoms with E-state index in [9.17, 15) is 4.79 Å². The number of halogens is 1. The van der Waals surface area contributed by atoms with Crippen molar-refractivity contribution in [3.05, 3.63) is 22.8 Å². The molecule has 1 N–H and O–H groups in total. The van der Waals surface area contributed by atoms with Crippen LogP contribution in [0.4, 0.5) is 5.82 Å². The van der Waals surface area contributed by atoms with Gasteiger partial charge in [0.15, 0.2) is 0 Å². The first-order valence-corrected chi connectivity index (χ1v) is 4.57. The highest BCUT2D eigenvalue weighted by molar-refractivity contribution is 6.33. The van der Waals surface area contributed by atoms with Crippen LogP contribution < -0.4 is 5.32 Å². The highest BCUT2D eigenvalue weighted by atomic mass is 35.5. The maximum absolute atomic E-state index is 11.3. The molecule has 0 aromatic carbocycles. The molecule has 0 fully saturated rings. The standard InChI is InChI=1S/C9H11ClN2O2/c1-3-14-9(13)6-5-12-8(11-2)4-7(6)10/h4-5H,3H2,1-2H3,(H,11,12). The first-order valence-electron chi connectivity index (χ1n) is 4.19. The minimum atomic E-state index is -0.451. The van der Waals surface area contributed by atoms with Crippen LogP contribution in [0.1, 0.15) is 17.3 Å². The predicted molar refractivity (Wildman–Crippen MR) is 54.8 cm³/mol. The number of anilines is 1. The molecular formula is C9H11ClN2O2. The maximum Gasteiger partial charge on any atom is 0.341 e. The van der Waals surface area contributed by atoms with Gasteiger partial charge in [0.05, 0.1) is 17.2 Å². The van der Waals surface area contributed by atoms with Crippen LogP contribution in [0.3, 0.4) is 0 Å². The fourth-order valence-electron chi connectivity index (χ4n) is 0.927. The molecule has 5 heteroatoms. The topological polar surface area (TPSA) is 51.2 Å². The van der Waals surface area contributed by atoms with Crippen LogP contribution in [0.2, 0.25) is 5.02 Å². The van der Waals surface area contributed by atoms with Gasteiger partial charge in [-0.2, -0.15) is 0 Å². The van der Waals surface area contributed by atoms with Gasteiger partial charge in [-0.25, -0.2) is 9.78 Å². The van der Waals surface area contributed by atoms with E-state index in [4.69, 9.17) is 16.3 Å². The molecule has 0 spiro atoms. The molecular weight excluding hydrogens is 204 g/mol. The SMILES string of the molecule is CCOC(=O)c1cnc(NC)cc1Cl. The lowest BCUT2D eigenvalue weighted by Crippen LogP contribution is -2.06. The number of hydrogen-bond acceptors (Lipinski definition) is 4. The average molecular weight is 215 g/mol. The molecule has 1 aromatic heterocycles. The predicted octanol–water partition coefficient (Wildman–Crippen LogP) is 1.95. The third kappa shape index (κ3) is 2.35. The number of nitrogens with zero attached hydrogens (tertiary/aromatic N) is 1. The monoisotopic (exact) mass is 214 g/mol. The quantitative estimate of drug-likeness (QED) is 0.782. The van der Waals surface area contributed by atoms with E-state index in [0.717, 1.165) is 0 Å². The van der Waals surface area contributed by atoms with Gasteiger partial charge in [0, 0.05) is 13.2 Å². The summed E-state index contributed by atoms with van der Waals surface area (Å²) in [6.45, 7) is 2.06. The minimum absolute atomic E-state index is 0.285. The van der Waals surface area contributed by atoms with Crippen LogP contribution in [0.15, 0.2) is 12.3 Å². The minimum Gasteiger partial charge on any atom is -0.462 e. The third-order valence-corrected chi connectivity index (χ3v) is 1.92. The second-order valence-corrected chi connectivity index (χ2v) is 2.93. The number of hydrogen-bond donors (Lipinski definition) is 1. The Labute approximate surface area is 87.2 Å². The van der Waals surface area contributed by atoms with Crippen molar-refractivity contribution in [3.63, 3.8) is 0 Å². The zero-order valence-electron chi connectivity index (χ0n) is 8.00. The van der Waals surface area contributed by atoms with Crippen molar-refractivity contribution in [2.45, 2.75) is 6.92 Å². The Balaban J connectivity index is 2.94. The van der Waals surface area contributed by atoms with Crippen molar-refractivity contribution < 1.29 is 9.53 Å². The van der Waals surface area contributed by atoms with Gasteiger partial charge in [-0.3, -0.25) is 0 Å². The van der Waals surface area contributed by atoms with Crippen LogP contribution in [0, 0.1) is 0 Å². The molecule has 14 heavy (non-hydrogen) atoms. The van der Waals surface area contributed by atoms with Crippen molar-refractivity contribution >= 4 is 23.4 Å². The highest BCUT2D eigenvalue weighted by Crippen LogP contribution is 2.18. The van der Waals surface area contributed by atoms with Crippen molar-refractivity contribution in [2.24, 2.45) is 0 Å². The second-order valence-electron chi connectivity index (χ2n) is 2.52. The zero-order chi connectivity index (χ0) is 10.6. The zero-order valence-corrected chi connectivity index (χ0v) is 8.76. The summed E-state index contributed by atoms with van der Waals surface area (Å²) in [5, 5.41) is 3.15. The van der Waals surface area contributed by atoms with Crippen LogP contribution in [-0.2, 0) is 4.74 Å². The van der Waals surface area contributed by atoms with Gasteiger partial charge in [0.25, 0.3) is 0 Å². The summed E-state index contributed by atoms with van der Waals surface area (Å²) >= 11 is 5.86. The summed E-state index contributed by atoms with van der Waals surface area (Å²) in [5.74, 6) is 0.163. The number of aromatic nitrogens is 1. The number of pyridine rings is 1. The lowest BCUT2D eigenvalue weighted by atomic mass is 10.3. The van der Waals surface area contributed by atoms with Gasteiger partial charge in [-0.1, -0.05) is 11.6 Å².